The van der Waals surface area contributed by atoms with Gasteiger partial charge in [0.25, 0.3) is 0 Å². The summed E-state index contributed by atoms with van der Waals surface area (Å²) in [5, 5.41) is 3.49. The molecule has 0 spiro atoms. The molecule has 0 aliphatic carbocycles. The van der Waals surface area contributed by atoms with E-state index in [1.54, 1.807) is 0 Å². The average molecular weight is 879 g/mol. The van der Waals surface area contributed by atoms with Crippen molar-refractivity contribution in [2.75, 3.05) is 0 Å². The number of hydrogen-bond donors (Lipinski definition) is 2. The monoisotopic (exact) mass is 874 g/mol. The van der Waals surface area contributed by atoms with Gasteiger partial charge in [-0.15, -0.1) is 0 Å². The van der Waals surface area contributed by atoms with Crippen LogP contribution in [0.2, 0.25) is 30.1 Å². The Morgan fingerprint density at radius 3 is 1.44 bits per heavy atom. The first-order valence-electron chi connectivity index (χ1n) is 13.8. The van der Waals surface area contributed by atoms with Crippen molar-refractivity contribution >= 4 is 146 Å². The summed E-state index contributed by atoms with van der Waals surface area (Å²) < 4.78 is 1.13. The normalized spacial score (nSPS) is 12.2. The summed E-state index contributed by atoms with van der Waals surface area (Å²) in [5.74, 6) is 1.25. The van der Waals surface area contributed by atoms with Crippen LogP contribution in [0.4, 0.5) is 0 Å². The Morgan fingerprint density at radius 2 is 0.854 bits per heavy atom. The van der Waals surface area contributed by atoms with Gasteiger partial charge in [0.05, 0.1) is 45.7 Å². The van der Waals surface area contributed by atoms with Crippen LogP contribution in [0.5, 0.6) is 0 Å². The number of halogens is 8. The molecule has 0 radical (unpaired) electrons. The largest absolute Gasteiger partial charge is 0.324 e. The first-order valence-corrected chi connectivity index (χ1v) is 17.7. The first kappa shape index (κ1) is 31.0. The molecule has 0 saturated heterocycles. The number of aromatic nitrogens is 8. The van der Waals surface area contributed by atoms with Crippen molar-refractivity contribution in [3.05, 3.63) is 87.6 Å². The lowest BCUT2D eigenvalue weighted by atomic mass is 10.1. The van der Waals surface area contributed by atoms with Crippen LogP contribution in [0.15, 0.2) is 57.5 Å². The zero-order valence-corrected chi connectivity index (χ0v) is 31.0. The number of H-pyrrole nitrogens is 2. The molecule has 0 fully saturated rings. The maximum absolute atomic E-state index is 6.91. The van der Waals surface area contributed by atoms with Crippen LogP contribution < -0.4 is 0 Å². The second-order valence-electron chi connectivity index (χ2n) is 10.7. The lowest BCUT2D eigenvalue weighted by Crippen LogP contribution is -1.88. The molecule has 5 heterocycles. The van der Waals surface area contributed by atoms with Gasteiger partial charge in [-0.05, 0) is 31.9 Å². The molecule has 0 saturated carbocycles. The van der Waals surface area contributed by atoms with Gasteiger partial charge in [-0.25, -0.2) is 29.9 Å². The van der Waals surface area contributed by atoms with Gasteiger partial charge in [0, 0.05) is 37.1 Å². The molecule has 4 aromatic carbocycles. The summed E-state index contributed by atoms with van der Waals surface area (Å²) >= 11 is 47.6. The summed E-state index contributed by atoms with van der Waals surface area (Å²) in [6, 6.07) is 15.4. The Labute approximate surface area is 316 Å². The van der Waals surface area contributed by atoms with E-state index in [-0.39, 0.29) is 47.4 Å². The second kappa shape index (κ2) is 11.2. The van der Waals surface area contributed by atoms with Gasteiger partial charge in [-0.3, -0.25) is 0 Å². The van der Waals surface area contributed by atoms with Gasteiger partial charge in [-0.2, -0.15) is 0 Å². The van der Waals surface area contributed by atoms with E-state index in [1.165, 1.54) is 0 Å². The van der Waals surface area contributed by atoms with Gasteiger partial charge >= 0.3 is 0 Å². The topological polar surface area (TPSA) is 109 Å². The van der Waals surface area contributed by atoms with Crippen LogP contribution in [0.1, 0.15) is 0 Å². The number of fused-ring (bicyclic) bond motifs is 20. The summed E-state index contributed by atoms with van der Waals surface area (Å²) in [7, 11) is 0. The zero-order valence-electron chi connectivity index (χ0n) is 23.3. The number of aromatic amines is 2. The molecule has 2 aliphatic rings. The Balaban J connectivity index is 1.56. The summed E-state index contributed by atoms with van der Waals surface area (Å²) in [6.45, 7) is 0. The van der Waals surface area contributed by atoms with Crippen LogP contribution in [0, 0.1) is 0 Å². The highest BCUT2D eigenvalue weighted by Gasteiger charge is 2.31. The highest BCUT2D eigenvalue weighted by Crippen LogP contribution is 2.51. The minimum atomic E-state index is 0.0491. The quantitative estimate of drug-likeness (QED) is 0.116. The minimum absolute atomic E-state index is 0.0491. The summed E-state index contributed by atoms with van der Waals surface area (Å²) in [5.41, 5.74) is 3.99. The third-order valence-electron chi connectivity index (χ3n) is 8.07. The van der Waals surface area contributed by atoms with E-state index in [2.05, 4.69) is 41.8 Å². The fourth-order valence-corrected chi connectivity index (χ4v) is 8.61. The minimum Gasteiger partial charge on any atom is -0.324 e. The van der Waals surface area contributed by atoms with Gasteiger partial charge in [0.1, 0.15) is 22.6 Å². The molecular formula is C32H10Br2Cl6N8. The standard InChI is InChI=1S/C32H10Br2Cl6N8/c33-17-13-14(19(35)22(38)18(17)34)30-46-29(13)44-27-11-7-3-1-5-9(11)25(42-27)41-26-10-6-2-4-8-12(10)28(43-26)45-31-15-16(32(47-30)48-31)21(37)24(40)23(39)20(15)36/h1-8H,(H2,41,42,43,44,45,46,47,48). The number of nitrogens with zero attached hydrogens (tertiary/aromatic N) is 6. The van der Waals surface area contributed by atoms with E-state index in [1.807, 2.05) is 48.5 Å². The summed E-state index contributed by atoms with van der Waals surface area (Å²) in [4.78, 5) is 36.3. The maximum atomic E-state index is 6.91. The lowest BCUT2D eigenvalue weighted by Gasteiger charge is -2.09. The third kappa shape index (κ3) is 4.41. The average Bonchev–Trinajstić information content (AvgIpc) is 3.83. The Kier molecular flexibility index (Phi) is 7.24. The Bertz CT molecular complexity index is 2800. The van der Waals surface area contributed by atoms with E-state index in [9.17, 15) is 0 Å². The number of hydrogen-bond acceptors (Lipinski definition) is 6. The SMILES string of the molecule is Clc1c(Cl)c(Cl)c2c(c1Cl)-c1nc-2nc2[nH]c(nc3nc(nc4[nH]c(n1)c1ccccc41)-c1ccccc1-3)c1c(Br)c(Br)c(Cl)c(Cl)c21. The van der Waals surface area contributed by atoms with Gasteiger partial charge in [0.2, 0.25) is 0 Å². The Morgan fingerprint density at radius 1 is 0.417 bits per heavy atom. The molecule has 234 valence electrons. The molecule has 2 N–H and O–H groups in total. The highest BCUT2D eigenvalue weighted by atomic mass is 79.9. The van der Waals surface area contributed by atoms with Crippen LogP contribution >= 0.6 is 101 Å². The Hall–Kier alpha value is -3.06. The second-order valence-corrected chi connectivity index (χ2v) is 14.6. The molecule has 3 aromatic heterocycles. The predicted molar refractivity (Wildman–Crippen MR) is 202 cm³/mol. The first-order chi connectivity index (χ1) is 23.1. The van der Waals surface area contributed by atoms with Crippen molar-refractivity contribution in [2.24, 2.45) is 0 Å². The molecule has 9 rings (SSSR count). The van der Waals surface area contributed by atoms with E-state index < -0.39 is 0 Å². The van der Waals surface area contributed by atoms with Gasteiger partial charge in [-0.1, -0.05) is 118 Å². The fraction of sp³-hybridized carbons (Fsp3) is 0. The molecule has 8 bridgehead atoms. The van der Waals surface area contributed by atoms with Crippen LogP contribution in [0.3, 0.4) is 0 Å². The van der Waals surface area contributed by atoms with E-state index in [4.69, 9.17) is 99.5 Å². The maximum Gasteiger partial charge on any atom is 0.166 e. The van der Waals surface area contributed by atoms with Crippen molar-refractivity contribution in [2.45, 2.75) is 0 Å². The van der Waals surface area contributed by atoms with E-state index in [0.29, 0.717) is 59.4 Å². The molecule has 8 nitrogen and oxygen atoms in total. The van der Waals surface area contributed by atoms with Crippen molar-refractivity contribution in [3.63, 3.8) is 0 Å². The van der Waals surface area contributed by atoms with Crippen LogP contribution in [0.25, 0.3) is 89.7 Å². The predicted octanol–water partition coefficient (Wildman–Crippen LogP) is 12.3. The van der Waals surface area contributed by atoms with Gasteiger partial charge < -0.3 is 9.97 Å². The smallest absolute Gasteiger partial charge is 0.166 e. The lowest BCUT2D eigenvalue weighted by molar-refractivity contribution is 1.19. The number of rotatable bonds is 0. The fourth-order valence-electron chi connectivity index (χ4n) is 5.91. The molecule has 0 amide bonds. The summed E-state index contributed by atoms with van der Waals surface area (Å²) in [6.07, 6.45) is 0. The third-order valence-corrected chi connectivity index (χ3v) is 13.1. The van der Waals surface area contributed by atoms with E-state index >= 15 is 0 Å². The number of benzene rings is 4. The number of nitrogens with one attached hydrogen (secondary N) is 2. The van der Waals surface area contributed by atoms with Crippen molar-refractivity contribution in [3.8, 4) is 45.6 Å². The van der Waals surface area contributed by atoms with Crippen LogP contribution in [-0.4, -0.2) is 39.9 Å². The molecule has 0 unspecified atom stereocenters. The molecule has 16 heteroatoms. The van der Waals surface area contributed by atoms with Crippen molar-refractivity contribution in [1.29, 1.82) is 0 Å². The highest BCUT2D eigenvalue weighted by molar-refractivity contribution is 9.13. The molecule has 7 aromatic rings. The van der Waals surface area contributed by atoms with Crippen molar-refractivity contribution in [1.82, 2.24) is 39.9 Å². The molecule has 0 atom stereocenters. The van der Waals surface area contributed by atoms with Crippen molar-refractivity contribution < 1.29 is 0 Å². The molecular weight excluding hydrogens is 869 g/mol. The van der Waals surface area contributed by atoms with E-state index in [0.717, 1.165) is 21.9 Å². The van der Waals surface area contributed by atoms with Gasteiger partial charge in [0.15, 0.2) is 23.3 Å². The van der Waals surface area contributed by atoms with Crippen LogP contribution in [-0.2, 0) is 0 Å². The zero-order chi connectivity index (χ0) is 33.2. The molecule has 48 heavy (non-hydrogen) atoms. The molecule has 2 aliphatic heterocycles.